The molecule has 1 atom stereocenters. The first-order chi connectivity index (χ1) is 15.7. The molecule has 7 nitrogen and oxygen atoms in total. The minimum Gasteiger partial charge on any atom is -0.465 e. The monoisotopic (exact) mass is 472 g/mol. The third-order valence-electron chi connectivity index (χ3n) is 5.82. The van der Waals surface area contributed by atoms with Gasteiger partial charge in [-0.25, -0.2) is 22.6 Å². The number of nitrogens with zero attached hydrogens (tertiary/aromatic N) is 2. The maximum Gasteiger partial charge on any atom is 0.337 e. The van der Waals surface area contributed by atoms with Crippen LogP contribution in [0.3, 0.4) is 0 Å². The minimum absolute atomic E-state index is 0.0953. The Morgan fingerprint density at radius 1 is 1.18 bits per heavy atom. The molecule has 4 rings (SSSR count). The van der Waals surface area contributed by atoms with Crippen LogP contribution < -0.4 is 0 Å². The van der Waals surface area contributed by atoms with E-state index in [1.807, 2.05) is 19.1 Å². The van der Waals surface area contributed by atoms with Crippen LogP contribution in [0.15, 0.2) is 47.4 Å². The number of ether oxygens (including phenoxy) is 2. The van der Waals surface area contributed by atoms with Gasteiger partial charge in [0.1, 0.15) is 6.17 Å². The van der Waals surface area contributed by atoms with E-state index in [4.69, 9.17) is 14.5 Å². The largest absolute Gasteiger partial charge is 0.465 e. The lowest BCUT2D eigenvalue weighted by Gasteiger charge is -2.18. The number of benzene rings is 2. The normalized spacial score (nSPS) is 16.9. The third kappa shape index (κ3) is 4.48. The fourth-order valence-corrected chi connectivity index (χ4v) is 5.63. The highest BCUT2D eigenvalue weighted by molar-refractivity contribution is 7.89. The van der Waals surface area contributed by atoms with Gasteiger partial charge in [-0.05, 0) is 54.8 Å². The molecule has 1 aliphatic heterocycles. The van der Waals surface area contributed by atoms with Gasteiger partial charge in [0.05, 0.1) is 35.4 Å². The van der Waals surface area contributed by atoms with E-state index in [1.165, 1.54) is 24.6 Å². The van der Waals surface area contributed by atoms with E-state index in [9.17, 15) is 17.6 Å². The Morgan fingerprint density at radius 3 is 2.64 bits per heavy atom. The molecule has 3 aromatic rings. The molecule has 9 heteroatoms. The standard InChI is InChI=1S/C24H25FN2O5S/c1-15-10-22(26-23-12-16(24(28)32-3)4-6-20(15)23)21-7-5-19(11-17(21)14-31-2)33(29,30)27-9-8-18(25)13-27/h4-7,10-12,18H,8-9,13-14H2,1-3H3/t18-/m0/s1. The molecule has 1 aliphatic rings. The maximum absolute atomic E-state index is 13.6. The van der Waals surface area contributed by atoms with Crippen molar-refractivity contribution in [2.24, 2.45) is 0 Å². The van der Waals surface area contributed by atoms with Crippen LogP contribution in [0.4, 0.5) is 4.39 Å². The summed E-state index contributed by atoms with van der Waals surface area (Å²) in [4.78, 5) is 16.8. The fourth-order valence-electron chi connectivity index (χ4n) is 4.10. The van der Waals surface area contributed by atoms with Crippen molar-refractivity contribution in [1.82, 2.24) is 9.29 Å². The van der Waals surface area contributed by atoms with Gasteiger partial charge in [-0.15, -0.1) is 0 Å². The number of hydrogen-bond acceptors (Lipinski definition) is 6. The summed E-state index contributed by atoms with van der Waals surface area (Å²) in [5.41, 5.74) is 3.96. The van der Waals surface area contributed by atoms with Gasteiger partial charge in [-0.3, -0.25) is 0 Å². The van der Waals surface area contributed by atoms with Gasteiger partial charge in [-0.2, -0.15) is 4.31 Å². The minimum atomic E-state index is -3.81. The maximum atomic E-state index is 13.6. The van der Waals surface area contributed by atoms with Crippen molar-refractivity contribution in [3.63, 3.8) is 0 Å². The Morgan fingerprint density at radius 2 is 1.97 bits per heavy atom. The number of hydrogen-bond donors (Lipinski definition) is 0. The number of halogens is 1. The predicted molar refractivity (Wildman–Crippen MR) is 122 cm³/mol. The number of sulfonamides is 1. The molecular weight excluding hydrogens is 447 g/mol. The molecule has 0 saturated carbocycles. The number of aryl methyl sites for hydroxylation is 1. The molecule has 0 unspecified atom stereocenters. The molecule has 0 radical (unpaired) electrons. The van der Waals surface area contributed by atoms with E-state index in [1.54, 1.807) is 24.3 Å². The van der Waals surface area contributed by atoms with E-state index in [2.05, 4.69) is 0 Å². The van der Waals surface area contributed by atoms with Crippen LogP contribution in [-0.4, -0.2) is 57.2 Å². The number of esters is 1. The van der Waals surface area contributed by atoms with E-state index >= 15 is 0 Å². The average molecular weight is 473 g/mol. The lowest BCUT2D eigenvalue weighted by molar-refractivity contribution is 0.0601. The Balaban J connectivity index is 1.80. The first-order valence-corrected chi connectivity index (χ1v) is 11.9. The van der Waals surface area contributed by atoms with Crippen molar-refractivity contribution in [1.29, 1.82) is 0 Å². The van der Waals surface area contributed by atoms with Gasteiger partial charge >= 0.3 is 5.97 Å². The van der Waals surface area contributed by atoms with Gasteiger partial charge in [0.2, 0.25) is 10.0 Å². The quantitative estimate of drug-likeness (QED) is 0.506. The van der Waals surface area contributed by atoms with Gasteiger partial charge in [0.15, 0.2) is 0 Å². The van der Waals surface area contributed by atoms with Crippen LogP contribution in [-0.2, 0) is 26.1 Å². The second-order valence-corrected chi connectivity index (χ2v) is 9.99. The second kappa shape index (κ2) is 9.17. The lowest BCUT2D eigenvalue weighted by atomic mass is 10.0. The number of aromatic nitrogens is 1. The summed E-state index contributed by atoms with van der Waals surface area (Å²) in [6, 6.07) is 11.9. The van der Waals surface area contributed by atoms with Crippen molar-refractivity contribution < 1.29 is 27.1 Å². The molecule has 1 fully saturated rings. The summed E-state index contributed by atoms with van der Waals surface area (Å²) < 4.78 is 50.9. The fraction of sp³-hybridized carbons (Fsp3) is 0.333. The zero-order valence-electron chi connectivity index (χ0n) is 18.7. The van der Waals surface area contributed by atoms with Gasteiger partial charge in [0, 0.05) is 31.1 Å². The predicted octanol–water partition coefficient (Wildman–Crippen LogP) is 3.88. The summed E-state index contributed by atoms with van der Waals surface area (Å²) >= 11 is 0. The van der Waals surface area contributed by atoms with Crippen molar-refractivity contribution in [3.05, 3.63) is 59.2 Å². The van der Waals surface area contributed by atoms with E-state index in [0.717, 1.165) is 10.9 Å². The average Bonchev–Trinajstić information content (AvgIpc) is 3.25. The van der Waals surface area contributed by atoms with E-state index < -0.39 is 22.2 Å². The highest BCUT2D eigenvalue weighted by atomic mass is 32.2. The molecule has 0 aliphatic carbocycles. The molecule has 2 heterocycles. The Labute approximate surface area is 192 Å². The van der Waals surface area contributed by atoms with Crippen LogP contribution >= 0.6 is 0 Å². The zero-order valence-corrected chi connectivity index (χ0v) is 19.5. The lowest BCUT2D eigenvalue weighted by Crippen LogP contribution is -2.29. The number of pyridine rings is 1. The Hall–Kier alpha value is -2.88. The third-order valence-corrected chi connectivity index (χ3v) is 7.68. The van der Waals surface area contributed by atoms with Crippen LogP contribution in [0.5, 0.6) is 0 Å². The van der Waals surface area contributed by atoms with Crippen molar-refractivity contribution in [3.8, 4) is 11.3 Å². The molecule has 2 aromatic carbocycles. The molecule has 0 amide bonds. The zero-order chi connectivity index (χ0) is 23.8. The molecule has 1 saturated heterocycles. The summed E-state index contributed by atoms with van der Waals surface area (Å²) in [5.74, 6) is -0.450. The van der Waals surface area contributed by atoms with Crippen LogP contribution in [0, 0.1) is 6.92 Å². The van der Waals surface area contributed by atoms with Gasteiger partial charge in [-0.1, -0.05) is 12.1 Å². The number of carbonyl (C=O) groups is 1. The number of carbonyl (C=O) groups excluding carboxylic acids is 1. The highest BCUT2D eigenvalue weighted by Gasteiger charge is 2.33. The number of methoxy groups -OCH3 is 2. The molecule has 33 heavy (non-hydrogen) atoms. The topological polar surface area (TPSA) is 85.8 Å². The number of rotatable bonds is 6. The molecular formula is C24H25FN2O5S. The Kier molecular flexibility index (Phi) is 6.47. The van der Waals surface area contributed by atoms with E-state index in [0.29, 0.717) is 27.9 Å². The van der Waals surface area contributed by atoms with Crippen LogP contribution in [0.25, 0.3) is 22.2 Å². The highest BCUT2D eigenvalue weighted by Crippen LogP contribution is 2.31. The van der Waals surface area contributed by atoms with Gasteiger partial charge < -0.3 is 9.47 Å². The van der Waals surface area contributed by atoms with E-state index in [-0.39, 0.29) is 31.0 Å². The first-order valence-electron chi connectivity index (χ1n) is 10.5. The second-order valence-electron chi connectivity index (χ2n) is 8.05. The van der Waals surface area contributed by atoms with Gasteiger partial charge in [0.25, 0.3) is 0 Å². The summed E-state index contributed by atoms with van der Waals surface area (Å²) in [6.45, 7) is 2.16. The molecule has 0 bridgehead atoms. The smallest absolute Gasteiger partial charge is 0.337 e. The molecule has 1 aromatic heterocycles. The van der Waals surface area contributed by atoms with Crippen LogP contribution in [0.1, 0.15) is 27.9 Å². The SMILES string of the molecule is COCc1cc(S(=O)(=O)N2CC[C@H](F)C2)ccc1-c1cc(C)c2ccc(C(=O)OC)cc2n1. The molecule has 0 spiro atoms. The number of alkyl halides is 1. The van der Waals surface area contributed by atoms with Crippen molar-refractivity contribution in [2.75, 3.05) is 27.3 Å². The molecule has 174 valence electrons. The summed E-state index contributed by atoms with van der Waals surface area (Å²) in [6.07, 6.45) is -0.937. The summed E-state index contributed by atoms with van der Waals surface area (Å²) in [5, 5.41) is 0.897. The molecule has 0 N–H and O–H groups in total. The van der Waals surface area contributed by atoms with Crippen molar-refractivity contribution >= 4 is 26.9 Å². The Bertz CT molecular complexity index is 1330. The van der Waals surface area contributed by atoms with Crippen LogP contribution in [0.2, 0.25) is 0 Å². The summed E-state index contributed by atoms with van der Waals surface area (Å²) in [7, 11) is -0.954. The first kappa shape index (κ1) is 23.3. The number of fused-ring (bicyclic) bond motifs is 1. The van der Waals surface area contributed by atoms with Crippen molar-refractivity contribution in [2.45, 2.75) is 31.0 Å².